The Balaban J connectivity index is 0.00000128. The van der Waals surface area contributed by atoms with Crippen molar-refractivity contribution in [2.75, 3.05) is 13.7 Å². The lowest BCUT2D eigenvalue weighted by molar-refractivity contribution is 0.277. The Morgan fingerprint density at radius 2 is 1.88 bits per heavy atom. The van der Waals surface area contributed by atoms with E-state index in [1.807, 2.05) is 25.1 Å². The highest BCUT2D eigenvalue weighted by molar-refractivity contribution is 5.85. The number of benzene rings is 1. The van der Waals surface area contributed by atoms with Crippen LogP contribution in [0.4, 0.5) is 0 Å². The summed E-state index contributed by atoms with van der Waals surface area (Å²) >= 11 is 0. The van der Waals surface area contributed by atoms with Crippen molar-refractivity contribution in [2.24, 2.45) is 5.73 Å². The van der Waals surface area contributed by atoms with Crippen LogP contribution in [0, 0.1) is 6.92 Å². The molecule has 0 amide bonds. The molecule has 0 aromatic heterocycles. The zero-order chi connectivity index (χ0) is 10.9. The van der Waals surface area contributed by atoms with Gasteiger partial charge in [0.15, 0.2) is 0 Å². The Morgan fingerprint density at radius 1 is 1.25 bits per heavy atom. The molecule has 1 aliphatic carbocycles. The van der Waals surface area contributed by atoms with Crippen molar-refractivity contribution in [3.8, 4) is 11.5 Å². The molecule has 0 spiro atoms. The number of nitrogens with two attached hydrogens (primary N) is 1. The topological polar surface area (TPSA) is 44.5 Å². The van der Waals surface area contributed by atoms with Gasteiger partial charge in [0.05, 0.1) is 12.6 Å². The lowest BCUT2D eigenvalue weighted by atomic mass is 10.2. The Morgan fingerprint density at radius 3 is 2.44 bits per heavy atom. The molecule has 4 heteroatoms. The van der Waals surface area contributed by atoms with Crippen LogP contribution in [0.2, 0.25) is 0 Å². The molecule has 0 unspecified atom stereocenters. The second-order valence-corrected chi connectivity index (χ2v) is 4.34. The molecule has 0 aliphatic heterocycles. The minimum absolute atomic E-state index is 0. The second-order valence-electron chi connectivity index (χ2n) is 4.34. The van der Waals surface area contributed by atoms with E-state index in [0.717, 1.165) is 29.9 Å². The van der Waals surface area contributed by atoms with Gasteiger partial charge < -0.3 is 15.2 Å². The Labute approximate surface area is 102 Å². The molecule has 2 N–H and O–H groups in total. The first-order valence-electron chi connectivity index (χ1n) is 5.19. The van der Waals surface area contributed by atoms with Crippen molar-refractivity contribution in [1.29, 1.82) is 0 Å². The smallest absolute Gasteiger partial charge is 0.123 e. The number of hydrogen-bond donors (Lipinski definition) is 1. The lowest BCUT2D eigenvalue weighted by Gasteiger charge is -2.12. The van der Waals surface area contributed by atoms with Crippen LogP contribution in [0.5, 0.6) is 11.5 Å². The molecule has 1 fully saturated rings. The van der Waals surface area contributed by atoms with E-state index in [4.69, 9.17) is 15.2 Å². The molecule has 1 aromatic carbocycles. The third kappa shape index (κ3) is 3.29. The predicted molar refractivity (Wildman–Crippen MR) is 66.6 cm³/mol. The highest BCUT2D eigenvalue weighted by Gasteiger charge is 2.39. The SMILES string of the molecule is COc1cc(C)cc(OCC2(N)CC2)c1.Cl. The summed E-state index contributed by atoms with van der Waals surface area (Å²) in [5.41, 5.74) is 7.01. The van der Waals surface area contributed by atoms with Crippen molar-refractivity contribution in [3.05, 3.63) is 23.8 Å². The summed E-state index contributed by atoms with van der Waals surface area (Å²) in [6.07, 6.45) is 2.13. The minimum atomic E-state index is -0.0724. The van der Waals surface area contributed by atoms with Gasteiger partial charge in [-0.05, 0) is 37.5 Å². The van der Waals surface area contributed by atoms with Gasteiger partial charge in [0.25, 0.3) is 0 Å². The molecule has 90 valence electrons. The molecule has 0 bridgehead atoms. The Kier molecular flexibility index (Phi) is 4.05. The van der Waals surface area contributed by atoms with Crippen LogP contribution in [0.15, 0.2) is 18.2 Å². The van der Waals surface area contributed by atoms with Crippen molar-refractivity contribution in [3.63, 3.8) is 0 Å². The number of methoxy groups -OCH3 is 1. The highest BCUT2D eigenvalue weighted by atomic mass is 35.5. The predicted octanol–water partition coefficient (Wildman–Crippen LogP) is 2.30. The van der Waals surface area contributed by atoms with Crippen LogP contribution in [0.1, 0.15) is 18.4 Å². The van der Waals surface area contributed by atoms with Gasteiger partial charge in [0.2, 0.25) is 0 Å². The first kappa shape index (κ1) is 13.1. The van der Waals surface area contributed by atoms with Gasteiger partial charge in [-0.15, -0.1) is 12.4 Å². The molecule has 0 atom stereocenters. The summed E-state index contributed by atoms with van der Waals surface area (Å²) in [5.74, 6) is 1.66. The summed E-state index contributed by atoms with van der Waals surface area (Å²) in [4.78, 5) is 0. The number of rotatable bonds is 4. The maximum absolute atomic E-state index is 5.95. The zero-order valence-corrected chi connectivity index (χ0v) is 10.5. The van der Waals surface area contributed by atoms with Crippen molar-refractivity contribution >= 4 is 12.4 Å². The number of hydrogen-bond acceptors (Lipinski definition) is 3. The minimum Gasteiger partial charge on any atom is -0.497 e. The van der Waals surface area contributed by atoms with E-state index in [1.54, 1.807) is 7.11 Å². The average molecular weight is 244 g/mol. The van der Waals surface area contributed by atoms with Gasteiger partial charge in [-0.1, -0.05) is 0 Å². The van der Waals surface area contributed by atoms with Crippen molar-refractivity contribution in [2.45, 2.75) is 25.3 Å². The van der Waals surface area contributed by atoms with Crippen molar-refractivity contribution < 1.29 is 9.47 Å². The van der Waals surface area contributed by atoms with E-state index in [9.17, 15) is 0 Å². The van der Waals surface area contributed by atoms with Gasteiger partial charge in [0, 0.05) is 6.07 Å². The zero-order valence-electron chi connectivity index (χ0n) is 9.66. The lowest BCUT2D eigenvalue weighted by Crippen LogP contribution is -2.29. The quantitative estimate of drug-likeness (QED) is 0.883. The van der Waals surface area contributed by atoms with E-state index in [1.165, 1.54) is 0 Å². The van der Waals surface area contributed by atoms with Crippen LogP contribution in [-0.4, -0.2) is 19.3 Å². The van der Waals surface area contributed by atoms with Crippen LogP contribution < -0.4 is 15.2 Å². The van der Waals surface area contributed by atoms with E-state index >= 15 is 0 Å². The Hall–Kier alpha value is -0.930. The fourth-order valence-corrected chi connectivity index (χ4v) is 1.45. The van der Waals surface area contributed by atoms with Crippen molar-refractivity contribution in [1.82, 2.24) is 0 Å². The molecule has 2 rings (SSSR count). The fraction of sp³-hybridized carbons (Fsp3) is 0.500. The summed E-state index contributed by atoms with van der Waals surface area (Å²) < 4.78 is 10.8. The largest absolute Gasteiger partial charge is 0.497 e. The monoisotopic (exact) mass is 243 g/mol. The summed E-state index contributed by atoms with van der Waals surface area (Å²) in [6.45, 7) is 2.62. The van der Waals surface area contributed by atoms with Gasteiger partial charge in [-0.3, -0.25) is 0 Å². The molecule has 3 nitrogen and oxygen atoms in total. The maximum Gasteiger partial charge on any atom is 0.123 e. The molecular formula is C12H18ClNO2. The number of aryl methyl sites for hydroxylation is 1. The number of ether oxygens (including phenoxy) is 2. The van der Waals surface area contributed by atoms with E-state index in [-0.39, 0.29) is 17.9 Å². The highest BCUT2D eigenvalue weighted by Crippen LogP contribution is 2.33. The molecule has 16 heavy (non-hydrogen) atoms. The third-order valence-corrected chi connectivity index (χ3v) is 2.68. The van der Waals surface area contributed by atoms with Crippen LogP contribution in [0.25, 0.3) is 0 Å². The molecule has 1 aromatic rings. The molecule has 0 saturated heterocycles. The molecule has 1 saturated carbocycles. The van der Waals surface area contributed by atoms with Gasteiger partial charge in [0.1, 0.15) is 18.1 Å². The average Bonchev–Trinajstić information content (AvgIpc) is 2.94. The molecule has 0 heterocycles. The molecule has 1 aliphatic rings. The first-order valence-corrected chi connectivity index (χ1v) is 5.19. The van der Waals surface area contributed by atoms with Crippen LogP contribution in [0.3, 0.4) is 0 Å². The fourth-order valence-electron chi connectivity index (χ4n) is 1.45. The standard InChI is InChI=1S/C12H17NO2.ClH/c1-9-5-10(14-2)7-11(6-9)15-8-12(13)3-4-12;/h5-7H,3-4,8,13H2,1-2H3;1H. The summed E-state index contributed by atoms with van der Waals surface area (Å²) in [5, 5.41) is 0. The van der Waals surface area contributed by atoms with Gasteiger partial charge in [-0.2, -0.15) is 0 Å². The van der Waals surface area contributed by atoms with Gasteiger partial charge in [-0.25, -0.2) is 0 Å². The van der Waals surface area contributed by atoms with E-state index in [2.05, 4.69) is 0 Å². The van der Waals surface area contributed by atoms with Crippen LogP contribution >= 0.6 is 12.4 Å². The van der Waals surface area contributed by atoms with Gasteiger partial charge >= 0.3 is 0 Å². The molecular weight excluding hydrogens is 226 g/mol. The molecule has 0 radical (unpaired) electrons. The summed E-state index contributed by atoms with van der Waals surface area (Å²) in [6, 6.07) is 5.86. The second kappa shape index (κ2) is 4.93. The maximum atomic E-state index is 5.95. The normalized spacial score (nSPS) is 16.2. The number of halogens is 1. The van der Waals surface area contributed by atoms with E-state index in [0.29, 0.717) is 6.61 Å². The summed E-state index contributed by atoms with van der Waals surface area (Å²) in [7, 11) is 1.66. The van der Waals surface area contributed by atoms with Crippen LogP contribution in [-0.2, 0) is 0 Å². The first-order chi connectivity index (χ1) is 7.11. The Bertz CT molecular complexity index is 364. The van der Waals surface area contributed by atoms with E-state index < -0.39 is 0 Å². The third-order valence-electron chi connectivity index (χ3n) is 2.68.